The molecule has 1 aromatic carbocycles. The molecule has 0 aliphatic carbocycles. The Labute approximate surface area is 109 Å². The number of benzene rings is 1. The fraction of sp³-hybridized carbons (Fsp3) is 0.600. The van der Waals surface area contributed by atoms with Crippen LogP contribution in [-0.2, 0) is 0 Å². The van der Waals surface area contributed by atoms with Crippen LogP contribution in [0.25, 0.3) is 0 Å². The SMILES string of the molecule is COc1c(C(O)C2CCNCC2)ccc(C)c1C. The topological polar surface area (TPSA) is 41.5 Å². The molecule has 0 radical (unpaired) electrons. The van der Waals surface area contributed by atoms with Crippen LogP contribution in [-0.4, -0.2) is 25.3 Å². The van der Waals surface area contributed by atoms with Crippen LogP contribution in [0.1, 0.15) is 35.6 Å². The van der Waals surface area contributed by atoms with E-state index in [4.69, 9.17) is 4.74 Å². The number of piperidine rings is 1. The lowest BCUT2D eigenvalue weighted by atomic mass is 9.86. The predicted octanol–water partition coefficient (Wildman–Crippen LogP) is 2.35. The fourth-order valence-electron chi connectivity index (χ4n) is 2.73. The average Bonchev–Trinajstić information content (AvgIpc) is 2.42. The van der Waals surface area contributed by atoms with Crippen LogP contribution < -0.4 is 10.1 Å². The van der Waals surface area contributed by atoms with Crippen molar-refractivity contribution in [2.24, 2.45) is 5.92 Å². The van der Waals surface area contributed by atoms with Crippen LogP contribution in [0.3, 0.4) is 0 Å². The molecule has 1 unspecified atom stereocenters. The summed E-state index contributed by atoms with van der Waals surface area (Å²) in [5.74, 6) is 1.18. The molecule has 18 heavy (non-hydrogen) atoms. The van der Waals surface area contributed by atoms with Crippen LogP contribution >= 0.6 is 0 Å². The molecule has 0 aromatic heterocycles. The van der Waals surface area contributed by atoms with E-state index in [2.05, 4.69) is 18.3 Å². The number of ether oxygens (including phenoxy) is 1. The Bertz CT molecular complexity index is 411. The third-order valence-electron chi connectivity index (χ3n) is 4.06. The number of hydrogen-bond donors (Lipinski definition) is 2. The molecule has 3 heteroatoms. The molecule has 1 atom stereocenters. The lowest BCUT2D eigenvalue weighted by molar-refractivity contribution is 0.0864. The summed E-state index contributed by atoms with van der Waals surface area (Å²) in [6.07, 6.45) is 1.63. The maximum Gasteiger partial charge on any atom is 0.127 e. The molecule has 1 aromatic rings. The Morgan fingerprint density at radius 2 is 1.94 bits per heavy atom. The van der Waals surface area contributed by atoms with Gasteiger partial charge in [-0.1, -0.05) is 12.1 Å². The molecule has 1 fully saturated rings. The third kappa shape index (κ3) is 2.52. The van der Waals surface area contributed by atoms with Crippen LogP contribution in [0.2, 0.25) is 0 Å². The largest absolute Gasteiger partial charge is 0.496 e. The van der Waals surface area contributed by atoms with Gasteiger partial charge in [-0.15, -0.1) is 0 Å². The highest BCUT2D eigenvalue weighted by molar-refractivity contribution is 5.46. The second-order valence-electron chi connectivity index (χ2n) is 5.16. The molecule has 1 aliphatic rings. The van der Waals surface area contributed by atoms with Crippen molar-refractivity contribution in [3.8, 4) is 5.75 Å². The van der Waals surface area contributed by atoms with Crippen molar-refractivity contribution in [1.29, 1.82) is 0 Å². The summed E-state index contributed by atoms with van der Waals surface area (Å²) >= 11 is 0. The Kier molecular flexibility index (Phi) is 4.25. The molecule has 1 heterocycles. The number of nitrogens with one attached hydrogen (secondary N) is 1. The van der Waals surface area contributed by atoms with E-state index in [1.165, 1.54) is 5.56 Å². The summed E-state index contributed by atoms with van der Waals surface area (Å²) in [6, 6.07) is 4.07. The van der Waals surface area contributed by atoms with E-state index < -0.39 is 6.10 Å². The molecule has 3 nitrogen and oxygen atoms in total. The van der Waals surface area contributed by atoms with Gasteiger partial charge < -0.3 is 15.2 Å². The van der Waals surface area contributed by atoms with Gasteiger partial charge in [-0.25, -0.2) is 0 Å². The second-order valence-corrected chi connectivity index (χ2v) is 5.16. The number of aryl methyl sites for hydroxylation is 1. The lowest BCUT2D eigenvalue weighted by Gasteiger charge is -2.29. The van der Waals surface area contributed by atoms with Gasteiger partial charge in [0.05, 0.1) is 13.2 Å². The van der Waals surface area contributed by atoms with Crippen molar-refractivity contribution < 1.29 is 9.84 Å². The summed E-state index contributed by atoms with van der Waals surface area (Å²) in [6.45, 7) is 6.11. The van der Waals surface area contributed by atoms with E-state index in [9.17, 15) is 5.11 Å². The molecule has 100 valence electrons. The summed E-state index contributed by atoms with van der Waals surface area (Å²) in [5, 5.41) is 13.9. The van der Waals surface area contributed by atoms with Crippen molar-refractivity contribution in [1.82, 2.24) is 5.32 Å². The molecule has 2 N–H and O–H groups in total. The predicted molar refractivity (Wildman–Crippen MR) is 73.0 cm³/mol. The van der Waals surface area contributed by atoms with Gasteiger partial charge >= 0.3 is 0 Å². The van der Waals surface area contributed by atoms with Gasteiger partial charge in [-0.05, 0) is 56.8 Å². The van der Waals surface area contributed by atoms with E-state index in [1.807, 2.05) is 13.0 Å². The average molecular weight is 249 g/mol. The van der Waals surface area contributed by atoms with Crippen molar-refractivity contribution in [2.75, 3.05) is 20.2 Å². The van der Waals surface area contributed by atoms with Crippen LogP contribution in [0.15, 0.2) is 12.1 Å². The maximum atomic E-state index is 10.6. The van der Waals surface area contributed by atoms with Gasteiger partial charge in [0.25, 0.3) is 0 Å². The molecule has 2 rings (SSSR count). The van der Waals surface area contributed by atoms with Gasteiger partial charge in [-0.3, -0.25) is 0 Å². The molecule has 0 bridgehead atoms. The van der Waals surface area contributed by atoms with Crippen LogP contribution in [0.4, 0.5) is 0 Å². The van der Waals surface area contributed by atoms with E-state index in [0.717, 1.165) is 42.8 Å². The molecule has 0 saturated carbocycles. The zero-order valence-electron chi connectivity index (χ0n) is 11.5. The molecule has 1 aliphatic heterocycles. The first-order valence-corrected chi connectivity index (χ1v) is 6.68. The number of aliphatic hydroxyl groups excluding tert-OH is 1. The van der Waals surface area contributed by atoms with Gasteiger partial charge in [0.2, 0.25) is 0 Å². The Morgan fingerprint density at radius 3 is 2.56 bits per heavy atom. The van der Waals surface area contributed by atoms with Crippen LogP contribution in [0, 0.1) is 19.8 Å². The summed E-state index contributed by atoms with van der Waals surface area (Å²) in [5.41, 5.74) is 3.27. The van der Waals surface area contributed by atoms with E-state index in [1.54, 1.807) is 7.11 Å². The highest BCUT2D eigenvalue weighted by atomic mass is 16.5. The fourth-order valence-corrected chi connectivity index (χ4v) is 2.73. The molecular formula is C15H23NO2. The quantitative estimate of drug-likeness (QED) is 0.864. The van der Waals surface area contributed by atoms with Crippen LogP contribution in [0.5, 0.6) is 5.75 Å². The van der Waals surface area contributed by atoms with E-state index >= 15 is 0 Å². The van der Waals surface area contributed by atoms with Gasteiger partial charge in [-0.2, -0.15) is 0 Å². The Morgan fingerprint density at radius 1 is 1.28 bits per heavy atom. The first-order chi connectivity index (χ1) is 8.65. The van der Waals surface area contributed by atoms with E-state index in [0.29, 0.717) is 5.92 Å². The molecule has 0 amide bonds. The Hall–Kier alpha value is -1.06. The Balaban J connectivity index is 2.28. The maximum absolute atomic E-state index is 10.6. The van der Waals surface area contributed by atoms with Gasteiger partial charge in [0.15, 0.2) is 0 Å². The number of methoxy groups -OCH3 is 1. The van der Waals surface area contributed by atoms with E-state index in [-0.39, 0.29) is 0 Å². The number of hydrogen-bond acceptors (Lipinski definition) is 3. The highest BCUT2D eigenvalue weighted by Gasteiger charge is 2.26. The van der Waals surface area contributed by atoms with Crippen molar-refractivity contribution >= 4 is 0 Å². The number of rotatable bonds is 3. The summed E-state index contributed by atoms with van der Waals surface area (Å²) in [4.78, 5) is 0. The van der Waals surface area contributed by atoms with Crippen molar-refractivity contribution in [2.45, 2.75) is 32.8 Å². The monoisotopic (exact) mass is 249 g/mol. The van der Waals surface area contributed by atoms with Crippen molar-refractivity contribution in [3.05, 3.63) is 28.8 Å². The minimum absolute atomic E-state index is 0.335. The highest BCUT2D eigenvalue weighted by Crippen LogP contribution is 2.36. The lowest BCUT2D eigenvalue weighted by Crippen LogP contribution is -2.31. The standard InChI is InChI=1S/C15H23NO2/c1-10-4-5-13(15(18-3)11(10)2)14(17)12-6-8-16-9-7-12/h4-5,12,14,16-17H,6-9H2,1-3H3. The van der Waals surface area contributed by atoms with Gasteiger partial charge in [0.1, 0.15) is 5.75 Å². The normalized spacial score (nSPS) is 18.7. The molecular weight excluding hydrogens is 226 g/mol. The van der Waals surface area contributed by atoms with Crippen molar-refractivity contribution in [3.63, 3.8) is 0 Å². The first-order valence-electron chi connectivity index (χ1n) is 6.68. The smallest absolute Gasteiger partial charge is 0.127 e. The summed E-state index contributed by atoms with van der Waals surface area (Å²) < 4.78 is 5.49. The zero-order valence-corrected chi connectivity index (χ0v) is 11.5. The molecule has 1 saturated heterocycles. The second kappa shape index (κ2) is 5.72. The van der Waals surface area contributed by atoms with Gasteiger partial charge in [0, 0.05) is 5.56 Å². The third-order valence-corrected chi connectivity index (χ3v) is 4.06. The first kappa shape index (κ1) is 13.4. The summed E-state index contributed by atoms with van der Waals surface area (Å²) in [7, 11) is 1.68. The number of aliphatic hydroxyl groups is 1. The molecule has 0 spiro atoms. The zero-order chi connectivity index (χ0) is 13.1. The minimum Gasteiger partial charge on any atom is -0.496 e. The minimum atomic E-state index is -0.415.